The van der Waals surface area contributed by atoms with Crippen molar-refractivity contribution < 1.29 is 4.79 Å². The van der Waals surface area contributed by atoms with Gasteiger partial charge in [0.1, 0.15) is 6.33 Å². The Morgan fingerprint density at radius 2 is 1.80 bits per heavy atom. The highest BCUT2D eigenvalue weighted by molar-refractivity contribution is 7.99. The number of nitrogens with zero attached hydrogens (tertiary/aromatic N) is 3. The number of anilines is 1. The quantitative estimate of drug-likeness (QED) is 0.601. The van der Waals surface area contributed by atoms with Crippen LogP contribution in [0.25, 0.3) is 5.69 Å². The number of hydrogen-bond donors (Lipinski definition) is 1. The summed E-state index contributed by atoms with van der Waals surface area (Å²) >= 11 is 19.2. The lowest BCUT2D eigenvalue weighted by Gasteiger charge is -2.10. The van der Waals surface area contributed by atoms with Crippen molar-refractivity contribution in [3.63, 3.8) is 0 Å². The van der Waals surface area contributed by atoms with Crippen LogP contribution >= 0.6 is 46.6 Å². The van der Waals surface area contributed by atoms with Crippen LogP contribution in [0.3, 0.4) is 0 Å². The molecule has 0 aliphatic rings. The Morgan fingerprint density at radius 1 is 1.12 bits per heavy atom. The molecule has 0 unspecified atom stereocenters. The third-order valence-corrected chi connectivity index (χ3v) is 4.91. The van der Waals surface area contributed by atoms with Crippen LogP contribution in [0.1, 0.15) is 0 Å². The van der Waals surface area contributed by atoms with E-state index < -0.39 is 0 Å². The molecule has 0 aliphatic heterocycles. The SMILES string of the molecule is O=C(CSc1nncn1-c1ccccc1)Nc1c(Cl)cc(Cl)cc1Cl. The molecule has 0 saturated carbocycles. The molecule has 128 valence electrons. The number of carbonyl (C=O) groups is 1. The van der Waals surface area contributed by atoms with E-state index in [2.05, 4.69) is 15.5 Å². The predicted octanol–water partition coefficient (Wildman–Crippen LogP) is 4.96. The van der Waals surface area contributed by atoms with E-state index in [9.17, 15) is 4.79 Å². The van der Waals surface area contributed by atoms with E-state index in [1.165, 1.54) is 23.9 Å². The molecule has 1 heterocycles. The average molecular weight is 414 g/mol. The van der Waals surface area contributed by atoms with Gasteiger partial charge >= 0.3 is 0 Å². The fourth-order valence-corrected chi connectivity index (χ4v) is 3.70. The lowest BCUT2D eigenvalue weighted by molar-refractivity contribution is -0.113. The normalized spacial score (nSPS) is 10.7. The lowest BCUT2D eigenvalue weighted by Crippen LogP contribution is -2.15. The highest BCUT2D eigenvalue weighted by atomic mass is 35.5. The summed E-state index contributed by atoms with van der Waals surface area (Å²) in [7, 11) is 0. The molecule has 0 atom stereocenters. The molecular formula is C16H11Cl3N4OS. The van der Waals surface area contributed by atoms with Crippen molar-refractivity contribution in [2.75, 3.05) is 11.1 Å². The molecule has 1 amide bonds. The Bertz CT molecular complexity index is 878. The lowest BCUT2D eigenvalue weighted by atomic mass is 10.3. The van der Waals surface area contributed by atoms with Gasteiger partial charge in [-0.3, -0.25) is 9.36 Å². The summed E-state index contributed by atoms with van der Waals surface area (Å²) in [6.45, 7) is 0. The van der Waals surface area contributed by atoms with Crippen molar-refractivity contribution in [1.82, 2.24) is 14.8 Å². The Balaban J connectivity index is 1.67. The van der Waals surface area contributed by atoms with E-state index in [0.717, 1.165) is 5.69 Å². The Morgan fingerprint density at radius 3 is 2.48 bits per heavy atom. The van der Waals surface area contributed by atoms with Crippen molar-refractivity contribution in [2.24, 2.45) is 0 Å². The molecular weight excluding hydrogens is 403 g/mol. The number of thioether (sulfide) groups is 1. The van der Waals surface area contributed by atoms with Gasteiger partial charge in [-0.05, 0) is 24.3 Å². The van der Waals surface area contributed by atoms with Crippen molar-refractivity contribution in [3.8, 4) is 5.69 Å². The Labute approximate surface area is 163 Å². The fraction of sp³-hybridized carbons (Fsp3) is 0.0625. The van der Waals surface area contributed by atoms with Gasteiger partial charge < -0.3 is 5.32 Å². The largest absolute Gasteiger partial charge is 0.323 e. The average Bonchev–Trinajstić information content (AvgIpc) is 3.05. The zero-order valence-corrected chi connectivity index (χ0v) is 15.7. The minimum Gasteiger partial charge on any atom is -0.323 e. The first-order valence-corrected chi connectivity index (χ1v) is 9.19. The highest BCUT2D eigenvalue weighted by Crippen LogP contribution is 2.33. The van der Waals surface area contributed by atoms with Gasteiger partial charge in [0.15, 0.2) is 5.16 Å². The number of benzene rings is 2. The van der Waals surface area contributed by atoms with Crippen molar-refractivity contribution in [3.05, 3.63) is 63.9 Å². The van der Waals surface area contributed by atoms with E-state index in [0.29, 0.717) is 15.9 Å². The summed E-state index contributed by atoms with van der Waals surface area (Å²) < 4.78 is 1.81. The summed E-state index contributed by atoms with van der Waals surface area (Å²) in [6.07, 6.45) is 1.60. The first-order valence-electron chi connectivity index (χ1n) is 7.07. The van der Waals surface area contributed by atoms with Crippen molar-refractivity contribution >= 4 is 58.2 Å². The molecule has 0 spiro atoms. The molecule has 5 nitrogen and oxygen atoms in total. The van der Waals surface area contributed by atoms with E-state index >= 15 is 0 Å². The van der Waals surface area contributed by atoms with Crippen LogP contribution in [0.4, 0.5) is 5.69 Å². The van der Waals surface area contributed by atoms with Crippen LogP contribution in [0.5, 0.6) is 0 Å². The van der Waals surface area contributed by atoms with E-state index in [1.807, 2.05) is 30.3 Å². The third-order valence-electron chi connectivity index (χ3n) is 3.15. The number of para-hydroxylation sites is 1. The minimum absolute atomic E-state index is 0.126. The number of hydrogen-bond acceptors (Lipinski definition) is 4. The number of rotatable bonds is 5. The second-order valence-electron chi connectivity index (χ2n) is 4.90. The highest BCUT2D eigenvalue weighted by Gasteiger charge is 2.14. The number of carbonyl (C=O) groups excluding carboxylic acids is 1. The van der Waals surface area contributed by atoms with E-state index in [-0.39, 0.29) is 21.7 Å². The van der Waals surface area contributed by atoms with Gasteiger partial charge in [0, 0.05) is 10.7 Å². The second kappa shape index (κ2) is 8.10. The fourth-order valence-electron chi connectivity index (χ4n) is 2.06. The number of nitrogens with one attached hydrogen (secondary N) is 1. The summed E-state index contributed by atoms with van der Waals surface area (Å²) in [5.41, 5.74) is 1.25. The first kappa shape index (κ1) is 18.1. The molecule has 2 aromatic carbocycles. The maximum absolute atomic E-state index is 12.2. The standard InChI is InChI=1S/C16H11Cl3N4OS/c17-10-6-12(18)15(13(19)7-10)21-14(24)8-25-16-22-20-9-23(16)11-4-2-1-3-5-11/h1-7,9H,8H2,(H,21,24). The molecule has 0 saturated heterocycles. The molecule has 1 aromatic heterocycles. The minimum atomic E-state index is -0.265. The molecule has 25 heavy (non-hydrogen) atoms. The Kier molecular flexibility index (Phi) is 5.86. The van der Waals surface area contributed by atoms with Crippen LogP contribution in [0.15, 0.2) is 53.9 Å². The molecule has 0 bridgehead atoms. The van der Waals surface area contributed by atoms with Gasteiger partial charge in [0.05, 0.1) is 21.5 Å². The van der Waals surface area contributed by atoms with Crippen LogP contribution in [-0.4, -0.2) is 26.4 Å². The zero-order chi connectivity index (χ0) is 17.8. The summed E-state index contributed by atoms with van der Waals surface area (Å²) in [6, 6.07) is 12.7. The van der Waals surface area contributed by atoms with Crippen LogP contribution in [-0.2, 0) is 4.79 Å². The van der Waals surface area contributed by atoms with Gasteiger partial charge in [0.2, 0.25) is 5.91 Å². The molecule has 0 radical (unpaired) electrons. The Hall–Kier alpha value is -1.73. The van der Waals surface area contributed by atoms with Crippen LogP contribution < -0.4 is 5.32 Å². The van der Waals surface area contributed by atoms with E-state index in [4.69, 9.17) is 34.8 Å². The number of amides is 1. The molecule has 0 fully saturated rings. The summed E-state index contributed by atoms with van der Waals surface area (Å²) in [5.74, 6) is -0.139. The van der Waals surface area contributed by atoms with Gasteiger partial charge in [-0.1, -0.05) is 64.8 Å². The molecule has 3 aromatic rings. The van der Waals surface area contributed by atoms with Gasteiger partial charge in [-0.2, -0.15) is 0 Å². The number of aromatic nitrogens is 3. The monoisotopic (exact) mass is 412 g/mol. The van der Waals surface area contributed by atoms with Gasteiger partial charge in [0.25, 0.3) is 0 Å². The topological polar surface area (TPSA) is 59.8 Å². The van der Waals surface area contributed by atoms with Crippen molar-refractivity contribution in [1.29, 1.82) is 0 Å². The van der Waals surface area contributed by atoms with Gasteiger partial charge in [-0.25, -0.2) is 0 Å². The molecule has 1 N–H and O–H groups in total. The second-order valence-corrected chi connectivity index (χ2v) is 7.09. The third kappa shape index (κ3) is 4.46. The summed E-state index contributed by atoms with van der Waals surface area (Å²) in [4.78, 5) is 12.2. The molecule has 9 heteroatoms. The predicted molar refractivity (Wildman–Crippen MR) is 102 cm³/mol. The molecule has 0 aliphatic carbocycles. The maximum atomic E-state index is 12.2. The maximum Gasteiger partial charge on any atom is 0.234 e. The smallest absolute Gasteiger partial charge is 0.234 e. The zero-order valence-electron chi connectivity index (χ0n) is 12.6. The van der Waals surface area contributed by atoms with E-state index in [1.54, 1.807) is 10.9 Å². The van der Waals surface area contributed by atoms with Crippen molar-refractivity contribution in [2.45, 2.75) is 5.16 Å². The molecule has 3 rings (SSSR count). The van der Waals surface area contributed by atoms with Crippen LogP contribution in [0.2, 0.25) is 15.1 Å². The van der Waals surface area contributed by atoms with Crippen LogP contribution in [0, 0.1) is 0 Å². The van der Waals surface area contributed by atoms with Gasteiger partial charge in [-0.15, -0.1) is 10.2 Å². The number of halogens is 3. The first-order chi connectivity index (χ1) is 12.0. The summed E-state index contributed by atoms with van der Waals surface area (Å²) in [5, 5.41) is 12.2.